The molecular weight excluding hydrogens is 216 g/mol. The van der Waals surface area contributed by atoms with Crippen LogP contribution in [0.3, 0.4) is 0 Å². The highest BCUT2D eigenvalue weighted by molar-refractivity contribution is 7.85. The molecule has 6 heteroatoms. The molecule has 1 heterocycles. The van der Waals surface area contributed by atoms with Crippen molar-refractivity contribution in [3.63, 3.8) is 0 Å². The normalized spacial score (nSPS) is 21.4. The highest BCUT2D eigenvalue weighted by atomic mass is 32.2. The van der Waals surface area contributed by atoms with Gasteiger partial charge in [-0.15, -0.1) is 0 Å². The summed E-state index contributed by atoms with van der Waals surface area (Å²) >= 11 is 0. The van der Waals surface area contributed by atoms with Crippen molar-refractivity contribution in [3.05, 3.63) is 12.4 Å². The van der Waals surface area contributed by atoms with Crippen molar-refractivity contribution in [2.24, 2.45) is 0 Å². The van der Waals surface area contributed by atoms with Crippen molar-refractivity contribution in [1.29, 1.82) is 0 Å². The average Bonchev–Trinajstić information content (AvgIpc) is 2.43. The molecule has 0 bridgehead atoms. The molecule has 0 aromatic carbocycles. The van der Waals surface area contributed by atoms with Crippen molar-refractivity contribution in [2.75, 3.05) is 19.3 Å². The fourth-order valence-electron chi connectivity index (χ4n) is 1.59. The Kier molecular flexibility index (Phi) is 3.98. The summed E-state index contributed by atoms with van der Waals surface area (Å²) in [6.45, 7) is 2.90. The molecule has 1 atom stereocenters. The second-order valence-electron chi connectivity index (χ2n) is 3.78. The van der Waals surface area contributed by atoms with E-state index in [4.69, 9.17) is 4.55 Å². The van der Waals surface area contributed by atoms with Gasteiger partial charge in [-0.05, 0) is 6.42 Å². The van der Waals surface area contributed by atoms with Crippen molar-refractivity contribution < 1.29 is 13.0 Å². The zero-order valence-corrected chi connectivity index (χ0v) is 9.94. The summed E-state index contributed by atoms with van der Waals surface area (Å²) in [5.74, 6) is -0.250. The third kappa shape index (κ3) is 3.71. The van der Waals surface area contributed by atoms with E-state index < -0.39 is 10.1 Å². The Bertz CT molecular complexity index is 326. The van der Waals surface area contributed by atoms with Gasteiger partial charge in [0.1, 0.15) is 11.9 Å². The molecule has 15 heavy (non-hydrogen) atoms. The Morgan fingerprint density at radius 1 is 1.40 bits per heavy atom. The van der Waals surface area contributed by atoms with Gasteiger partial charge in [0.25, 0.3) is 10.1 Å². The van der Waals surface area contributed by atoms with E-state index >= 15 is 0 Å². The number of rotatable bonds is 5. The summed E-state index contributed by atoms with van der Waals surface area (Å²) in [4.78, 5) is 3.74. The van der Waals surface area contributed by atoms with Crippen LogP contribution in [0.25, 0.3) is 0 Å². The first-order valence-electron chi connectivity index (χ1n) is 5.05. The third-order valence-corrected chi connectivity index (χ3v) is 3.20. The summed E-state index contributed by atoms with van der Waals surface area (Å²) in [5, 5.41) is 0. The predicted octanol–water partition coefficient (Wildman–Crippen LogP) is 0.719. The Labute approximate surface area is 91.1 Å². The van der Waals surface area contributed by atoms with Crippen LogP contribution in [0.15, 0.2) is 12.4 Å². The Balaban J connectivity index is 2.59. The van der Waals surface area contributed by atoms with E-state index in [1.54, 1.807) is 11.9 Å². The maximum atomic E-state index is 10.8. The zero-order valence-electron chi connectivity index (χ0n) is 9.13. The van der Waals surface area contributed by atoms with Crippen LogP contribution in [0.2, 0.25) is 0 Å². The topological polar surface area (TPSA) is 60.9 Å². The Hall–Kier alpha value is -0.750. The smallest absolute Gasteiger partial charge is 0.268 e. The molecule has 0 spiro atoms. The molecule has 0 aromatic heterocycles. The van der Waals surface area contributed by atoms with Gasteiger partial charge >= 0.3 is 0 Å². The quantitative estimate of drug-likeness (QED) is 0.710. The Morgan fingerprint density at radius 2 is 2.07 bits per heavy atom. The molecule has 0 aliphatic carbocycles. The molecule has 0 saturated carbocycles. The van der Waals surface area contributed by atoms with Gasteiger partial charge in [-0.25, -0.2) is 0 Å². The lowest BCUT2D eigenvalue weighted by Crippen LogP contribution is -2.42. The summed E-state index contributed by atoms with van der Waals surface area (Å²) in [6.07, 6.45) is 5.50. The van der Waals surface area contributed by atoms with Gasteiger partial charge in [0.2, 0.25) is 0 Å². The maximum Gasteiger partial charge on any atom is 0.268 e. The SMILES string of the molecule is CCCCN1C=CN(C)C1CS(=O)(=O)O. The first-order valence-corrected chi connectivity index (χ1v) is 6.66. The third-order valence-electron chi connectivity index (χ3n) is 2.48. The van der Waals surface area contributed by atoms with E-state index in [1.807, 2.05) is 17.3 Å². The van der Waals surface area contributed by atoms with Crippen molar-refractivity contribution in [3.8, 4) is 0 Å². The highest BCUT2D eigenvalue weighted by Gasteiger charge is 2.27. The molecule has 0 aromatic rings. The number of nitrogens with zero attached hydrogens (tertiary/aromatic N) is 2. The number of hydrogen-bond acceptors (Lipinski definition) is 4. The minimum Gasteiger partial charge on any atom is -0.358 e. The van der Waals surface area contributed by atoms with E-state index in [9.17, 15) is 8.42 Å². The van der Waals surface area contributed by atoms with Crippen LogP contribution in [-0.4, -0.2) is 48.3 Å². The Morgan fingerprint density at radius 3 is 2.60 bits per heavy atom. The minimum atomic E-state index is -3.92. The van der Waals surface area contributed by atoms with Gasteiger partial charge in [-0.1, -0.05) is 13.3 Å². The summed E-state index contributed by atoms with van der Waals surface area (Å²) in [5.41, 5.74) is 0. The van der Waals surface area contributed by atoms with Crippen LogP contribution in [0, 0.1) is 0 Å². The maximum absolute atomic E-state index is 10.8. The van der Waals surface area contributed by atoms with Crippen LogP contribution < -0.4 is 0 Å². The fourth-order valence-corrected chi connectivity index (χ4v) is 2.39. The molecule has 1 aliphatic heterocycles. The highest BCUT2D eigenvalue weighted by Crippen LogP contribution is 2.16. The van der Waals surface area contributed by atoms with Crippen molar-refractivity contribution in [2.45, 2.75) is 25.9 Å². The molecule has 1 aliphatic rings. The molecule has 1 N–H and O–H groups in total. The van der Waals surface area contributed by atoms with Crippen molar-refractivity contribution in [1.82, 2.24) is 9.80 Å². The van der Waals surface area contributed by atoms with Crippen LogP contribution >= 0.6 is 0 Å². The molecule has 88 valence electrons. The number of hydrogen-bond donors (Lipinski definition) is 1. The lowest BCUT2D eigenvalue weighted by molar-refractivity contribution is 0.193. The summed E-state index contributed by atoms with van der Waals surface area (Å²) in [7, 11) is -2.12. The molecule has 0 radical (unpaired) electrons. The van der Waals surface area contributed by atoms with E-state index in [2.05, 4.69) is 6.92 Å². The molecule has 1 unspecified atom stereocenters. The van der Waals surface area contributed by atoms with Crippen LogP contribution in [0.4, 0.5) is 0 Å². The van der Waals surface area contributed by atoms with E-state index in [0.717, 1.165) is 19.4 Å². The molecule has 0 amide bonds. The van der Waals surface area contributed by atoms with Crippen molar-refractivity contribution >= 4 is 10.1 Å². The van der Waals surface area contributed by atoms with Crippen LogP contribution in [0.1, 0.15) is 19.8 Å². The van der Waals surface area contributed by atoms with Gasteiger partial charge in [-0.2, -0.15) is 8.42 Å². The second-order valence-corrected chi connectivity index (χ2v) is 5.28. The zero-order chi connectivity index (χ0) is 11.5. The monoisotopic (exact) mass is 234 g/mol. The lowest BCUT2D eigenvalue weighted by atomic mass is 10.3. The largest absolute Gasteiger partial charge is 0.358 e. The van der Waals surface area contributed by atoms with Gasteiger partial charge in [0, 0.05) is 26.0 Å². The van der Waals surface area contributed by atoms with Crippen LogP contribution in [0.5, 0.6) is 0 Å². The minimum absolute atomic E-state index is 0.250. The molecular formula is C9H18N2O3S. The van der Waals surface area contributed by atoms with Gasteiger partial charge in [-0.3, -0.25) is 4.55 Å². The summed E-state index contributed by atoms with van der Waals surface area (Å²) < 4.78 is 30.5. The second kappa shape index (κ2) is 4.85. The van der Waals surface area contributed by atoms with E-state index in [0.29, 0.717) is 0 Å². The van der Waals surface area contributed by atoms with E-state index in [1.165, 1.54) is 0 Å². The molecule has 0 fully saturated rings. The molecule has 0 saturated heterocycles. The van der Waals surface area contributed by atoms with E-state index in [-0.39, 0.29) is 11.9 Å². The fraction of sp³-hybridized carbons (Fsp3) is 0.778. The summed E-state index contributed by atoms with van der Waals surface area (Å²) in [6, 6.07) is 0. The average molecular weight is 234 g/mol. The lowest BCUT2D eigenvalue weighted by Gasteiger charge is -2.29. The first kappa shape index (κ1) is 12.3. The van der Waals surface area contributed by atoms with Gasteiger partial charge < -0.3 is 9.80 Å². The first-order chi connectivity index (χ1) is 6.94. The predicted molar refractivity (Wildman–Crippen MR) is 58.7 cm³/mol. The molecule has 5 nitrogen and oxygen atoms in total. The van der Waals surface area contributed by atoms with Crippen LogP contribution in [-0.2, 0) is 10.1 Å². The van der Waals surface area contributed by atoms with Gasteiger partial charge in [0.05, 0.1) is 0 Å². The van der Waals surface area contributed by atoms with Gasteiger partial charge in [0.15, 0.2) is 0 Å². The number of unbranched alkanes of at least 4 members (excludes halogenated alkanes) is 1. The molecule has 1 rings (SSSR count). The standard InChI is InChI=1S/C9H18N2O3S/c1-3-4-5-11-7-6-10(2)9(11)8-15(12,13)14/h6-7,9H,3-5,8H2,1-2H3,(H,12,13,14).